The molecule has 3 N–H and O–H groups in total. The zero-order chi connectivity index (χ0) is 15.6. The lowest BCUT2D eigenvalue weighted by Gasteiger charge is -2.27. The molecular formula is C16H26N2O2. The first-order chi connectivity index (χ1) is 9.05. The molecule has 1 aromatic rings. The van der Waals surface area contributed by atoms with Crippen molar-refractivity contribution in [3.8, 4) is 5.75 Å². The van der Waals surface area contributed by atoms with E-state index in [1.807, 2.05) is 12.1 Å². The third-order valence-corrected chi connectivity index (χ3v) is 3.17. The van der Waals surface area contributed by atoms with E-state index in [1.165, 1.54) is 5.56 Å². The summed E-state index contributed by atoms with van der Waals surface area (Å²) in [6, 6.07) is 6.14. The van der Waals surface area contributed by atoms with Gasteiger partial charge in [-0.15, -0.1) is 0 Å². The smallest absolute Gasteiger partial charge is 0.271 e. The minimum atomic E-state index is -0.343. The van der Waals surface area contributed by atoms with Crippen LogP contribution < -0.4 is 16.0 Å². The third-order valence-electron chi connectivity index (χ3n) is 3.17. The van der Waals surface area contributed by atoms with Gasteiger partial charge in [0.05, 0.1) is 0 Å². The summed E-state index contributed by atoms with van der Waals surface area (Å²) in [5.74, 6) is 5.45. The number of ether oxygens (including phenoxy) is 1. The van der Waals surface area contributed by atoms with Gasteiger partial charge in [-0.1, -0.05) is 53.7 Å². The number of hydrogen-bond donors (Lipinski definition) is 2. The number of carbonyl (C=O) groups is 1. The monoisotopic (exact) mass is 278 g/mol. The van der Waals surface area contributed by atoms with Crippen LogP contribution in [-0.2, 0) is 15.6 Å². The fraction of sp³-hybridized carbons (Fsp3) is 0.562. The van der Waals surface area contributed by atoms with Crippen LogP contribution >= 0.6 is 0 Å². The second-order valence-electron chi connectivity index (χ2n) is 7.07. The molecule has 1 amide bonds. The van der Waals surface area contributed by atoms with Crippen LogP contribution in [-0.4, -0.2) is 12.5 Å². The highest BCUT2D eigenvalue weighted by molar-refractivity contribution is 5.76. The Kier molecular flexibility index (Phi) is 4.81. The van der Waals surface area contributed by atoms with Gasteiger partial charge in [0.1, 0.15) is 5.75 Å². The first-order valence-electron chi connectivity index (χ1n) is 6.83. The molecule has 0 unspecified atom stereocenters. The molecule has 112 valence electrons. The van der Waals surface area contributed by atoms with E-state index in [0.29, 0.717) is 0 Å². The van der Waals surface area contributed by atoms with Gasteiger partial charge >= 0.3 is 0 Å². The van der Waals surface area contributed by atoms with Gasteiger partial charge < -0.3 is 4.74 Å². The van der Waals surface area contributed by atoms with E-state index in [4.69, 9.17) is 10.6 Å². The molecule has 0 atom stereocenters. The zero-order valence-corrected chi connectivity index (χ0v) is 13.3. The Labute approximate surface area is 121 Å². The summed E-state index contributed by atoms with van der Waals surface area (Å²) in [6.45, 7) is 12.8. The summed E-state index contributed by atoms with van der Waals surface area (Å²) < 4.78 is 5.59. The Morgan fingerprint density at radius 2 is 1.75 bits per heavy atom. The first-order valence-corrected chi connectivity index (χ1v) is 6.83. The predicted octanol–water partition coefficient (Wildman–Crippen LogP) is 2.65. The van der Waals surface area contributed by atoms with Crippen LogP contribution in [0.4, 0.5) is 0 Å². The summed E-state index contributed by atoms with van der Waals surface area (Å²) in [5.41, 5.74) is 4.42. The van der Waals surface area contributed by atoms with E-state index >= 15 is 0 Å². The molecule has 4 nitrogen and oxygen atoms in total. The molecular weight excluding hydrogens is 252 g/mol. The maximum atomic E-state index is 11.2. The van der Waals surface area contributed by atoms with Gasteiger partial charge in [0.2, 0.25) is 0 Å². The first kappa shape index (κ1) is 16.5. The predicted molar refractivity (Wildman–Crippen MR) is 81.7 cm³/mol. The Hall–Kier alpha value is -1.55. The number of rotatable bonds is 3. The van der Waals surface area contributed by atoms with Crippen molar-refractivity contribution in [1.29, 1.82) is 0 Å². The molecule has 0 aliphatic rings. The van der Waals surface area contributed by atoms with Gasteiger partial charge in [-0.05, 0) is 28.0 Å². The molecule has 0 spiro atoms. The van der Waals surface area contributed by atoms with E-state index in [1.54, 1.807) is 0 Å². The van der Waals surface area contributed by atoms with Crippen molar-refractivity contribution in [2.45, 2.75) is 52.4 Å². The summed E-state index contributed by atoms with van der Waals surface area (Å²) in [5, 5.41) is 0. The number of carbonyl (C=O) groups excluding carboxylic acids is 1. The average Bonchev–Trinajstić information content (AvgIpc) is 2.33. The van der Waals surface area contributed by atoms with Crippen LogP contribution in [0.2, 0.25) is 0 Å². The van der Waals surface area contributed by atoms with Crippen molar-refractivity contribution in [2.24, 2.45) is 5.84 Å². The topological polar surface area (TPSA) is 64.3 Å². The highest BCUT2D eigenvalue weighted by Gasteiger charge is 2.23. The van der Waals surface area contributed by atoms with E-state index < -0.39 is 0 Å². The quantitative estimate of drug-likeness (QED) is 0.507. The molecule has 1 rings (SSSR count). The molecule has 0 bridgehead atoms. The van der Waals surface area contributed by atoms with Crippen molar-refractivity contribution < 1.29 is 9.53 Å². The molecule has 20 heavy (non-hydrogen) atoms. The Balaban J connectivity index is 3.15. The molecule has 0 heterocycles. The second kappa shape index (κ2) is 5.83. The normalized spacial score (nSPS) is 12.2. The van der Waals surface area contributed by atoms with E-state index in [-0.39, 0.29) is 23.3 Å². The van der Waals surface area contributed by atoms with E-state index in [9.17, 15) is 4.79 Å². The number of nitrogens with two attached hydrogens (primary N) is 1. The number of benzene rings is 1. The van der Waals surface area contributed by atoms with Crippen molar-refractivity contribution in [2.75, 3.05) is 6.61 Å². The summed E-state index contributed by atoms with van der Waals surface area (Å²) in [4.78, 5) is 11.2. The van der Waals surface area contributed by atoms with Gasteiger partial charge in [0.15, 0.2) is 6.61 Å². The Bertz CT molecular complexity index is 482. The van der Waals surface area contributed by atoms with Crippen molar-refractivity contribution in [3.05, 3.63) is 29.3 Å². The maximum Gasteiger partial charge on any atom is 0.271 e. The van der Waals surface area contributed by atoms with Gasteiger partial charge in [-0.25, -0.2) is 5.84 Å². The zero-order valence-electron chi connectivity index (χ0n) is 13.3. The molecule has 1 aromatic carbocycles. The molecule has 0 radical (unpaired) electrons. The van der Waals surface area contributed by atoms with Crippen molar-refractivity contribution >= 4 is 5.91 Å². The van der Waals surface area contributed by atoms with Crippen LogP contribution in [0.5, 0.6) is 5.75 Å². The molecule has 0 aromatic heterocycles. The lowest BCUT2D eigenvalue weighted by molar-refractivity contribution is -0.123. The number of amides is 1. The van der Waals surface area contributed by atoms with E-state index in [0.717, 1.165) is 11.3 Å². The fourth-order valence-corrected chi connectivity index (χ4v) is 1.89. The SMILES string of the molecule is CC(C)(C)c1ccc(OCC(=O)NN)c(C(C)(C)C)c1. The standard InChI is InChI=1S/C16H26N2O2/c1-15(2,3)11-7-8-13(20-10-14(19)18-17)12(9-11)16(4,5)6/h7-9H,10,17H2,1-6H3,(H,18,19). The number of nitrogens with one attached hydrogen (secondary N) is 1. The highest BCUT2D eigenvalue weighted by atomic mass is 16.5. The van der Waals surface area contributed by atoms with Gasteiger partial charge in [-0.3, -0.25) is 10.2 Å². The van der Waals surface area contributed by atoms with Crippen molar-refractivity contribution in [1.82, 2.24) is 5.43 Å². The molecule has 0 aliphatic carbocycles. The average molecular weight is 278 g/mol. The minimum Gasteiger partial charge on any atom is -0.483 e. The van der Waals surface area contributed by atoms with Crippen molar-refractivity contribution in [3.63, 3.8) is 0 Å². The van der Waals surface area contributed by atoms with Crippen LogP contribution in [0, 0.1) is 0 Å². The van der Waals surface area contributed by atoms with Gasteiger partial charge in [-0.2, -0.15) is 0 Å². The molecule has 0 saturated heterocycles. The highest BCUT2D eigenvalue weighted by Crippen LogP contribution is 2.35. The number of hydrazine groups is 1. The maximum absolute atomic E-state index is 11.2. The number of hydrogen-bond acceptors (Lipinski definition) is 3. The molecule has 0 saturated carbocycles. The van der Waals surface area contributed by atoms with E-state index in [2.05, 4.69) is 53.0 Å². The van der Waals surface area contributed by atoms with Crippen LogP contribution in [0.3, 0.4) is 0 Å². The van der Waals surface area contributed by atoms with Gasteiger partial charge in [0, 0.05) is 0 Å². The van der Waals surface area contributed by atoms with Crippen LogP contribution in [0.1, 0.15) is 52.7 Å². The minimum absolute atomic E-state index is 0.0597. The van der Waals surface area contributed by atoms with Crippen LogP contribution in [0.15, 0.2) is 18.2 Å². The largest absolute Gasteiger partial charge is 0.483 e. The summed E-state index contributed by atoms with van der Waals surface area (Å²) in [6.07, 6.45) is 0. The molecule has 4 heteroatoms. The summed E-state index contributed by atoms with van der Waals surface area (Å²) >= 11 is 0. The Morgan fingerprint density at radius 1 is 1.15 bits per heavy atom. The summed E-state index contributed by atoms with van der Waals surface area (Å²) in [7, 11) is 0. The third kappa shape index (κ3) is 4.23. The molecule has 0 fully saturated rings. The lowest BCUT2D eigenvalue weighted by Crippen LogP contribution is -2.34. The molecule has 0 aliphatic heterocycles. The second-order valence-corrected chi connectivity index (χ2v) is 7.07. The fourth-order valence-electron chi connectivity index (χ4n) is 1.89. The van der Waals surface area contributed by atoms with Gasteiger partial charge in [0.25, 0.3) is 5.91 Å². The van der Waals surface area contributed by atoms with Crippen LogP contribution in [0.25, 0.3) is 0 Å². The Morgan fingerprint density at radius 3 is 2.20 bits per heavy atom. The lowest BCUT2D eigenvalue weighted by atomic mass is 9.80.